The zero-order valence-corrected chi connectivity index (χ0v) is 12.9. The van der Waals surface area contributed by atoms with Gasteiger partial charge in [0.2, 0.25) is 0 Å². The van der Waals surface area contributed by atoms with Gasteiger partial charge in [-0.05, 0) is 11.6 Å². The van der Waals surface area contributed by atoms with Crippen molar-refractivity contribution in [2.24, 2.45) is 0 Å². The topological polar surface area (TPSA) is 59.5 Å². The molecule has 0 radical (unpaired) electrons. The first kappa shape index (κ1) is 13.8. The minimum absolute atomic E-state index is 0.245. The van der Waals surface area contributed by atoms with Crippen molar-refractivity contribution >= 4 is 22.2 Å². The number of amides is 1. The molecule has 0 atom stereocenters. The van der Waals surface area contributed by atoms with E-state index in [0.717, 1.165) is 21.8 Å². The lowest BCUT2D eigenvalue weighted by Crippen LogP contribution is -2.23. The van der Waals surface area contributed by atoms with E-state index in [0.29, 0.717) is 12.3 Å². The van der Waals surface area contributed by atoms with Crippen molar-refractivity contribution < 1.29 is 9.21 Å². The molecule has 3 aromatic heterocycles. The average molecular weight is 323 g/mol. The summed E-state index contributed by atoms with van der Waals surface area (Å²) in [5.41, 5.74) is 2.56. The van der Waals surface area contributed by atoms with Crippen LogP contribution in [-0.4, -0.2) is 15.3 Å². The number of hydrogen-bond donors (Lipinski definition) is 1. The lowest BCUT2D eigenvalue weighted by Gasteiger charge is -2.04. The number of carbonyl (C=O) groups is 1. The van der Waals surface area contributed by atoms with Gasteiger partial charge < -0.3 is 9.73 Å². The van der Waals surface area contributed by atoms with Gasteiger partial charge in [-0.2, -0.15) is 0 Å². The lowest BCUT2D eigenvalue weighted by atomic mass is 10.1. The molecule has 0 saturated heterocycles. The summed E-state index contributed by atoms with van der Waals surface area (Å²) < 4.78 is 7.32. The Bertz CT molecular complexity index is 924. The third-order valence-electron chi connectivity index (χ3n) is 3.53. The third-order valence-corrected chi connectivity index (χ3v) is 4.30. The van der Waals surface area contributed by atoms with Crippen LogP contribution in [0.25, 0.3) is 16.1 Å². The number of carbonyl (C=O) groups excluding carboxylic acids is 1. The molecular formula is C17H13N3O2S. The zero-order valence-electron chi connectivity index (χ0n) is 12.1. The van der Waals surface area contributed by atoms with Gasteiger partial charge in [-0.3, -0.25) is 9.20 Å². The Morgan fingerprint density at radius 2 is 2.13 bits per heavy atom. The molecule has 0 aliphatic rings. The van der Waals surface area contributed by atoms with Crippen LogP contribution in [0.4, 0.5) is 0 Å². The average Bonchev–Trinajstić information content (AvgIpc) is 3.28. The van der Waals surface area contributed by atoms with E-state index < -0.39 is 0 Å². The van der Waals surface area contributed by atoms with E-state index >= 15 is 0 Å². The normalized spacial score (nSPS) is 11.0. The van der Waals surface area contributed by atoms with Gasteiger partial charge >= 0.3 is 0 Å². The molecule has 4 aromatic rings. The molecule has 114 valence electrons. The second kappa shape index (κ2) is 5.73. The van der Waals surface area contributed by atoms with E-state index in [1.54, 1.807) is 17.4 Å². The molecule has 5 nitrogen and oxygen atoms in total. The number of nitrogens with zero attached hydrogens (tertiary/aromatic N) is 2. The number of fused-ring (bicyclic) bond motifs is 1. The van der Waals surface area contributed by atoms with Crippen molar-refractivity contribution in [1.29, 1.82) is 0 Å². The van der Waals surface area contributed by atoms with Gasteiger partial charge in [0.05, 0.1) is 18.5 Å². The van der Waals surface area contributed by atoms with Crippen LogP contribution in [0.3, 0.4) is 0 Å². The Morgan fingerprint density at radius 3 is 2.96 bits per heavy atom. The number of imidazole rings is 1. The number of thiazole rings is 1. The quantitative estimate of drug-likeness (QED) is 0.624. The molecule has 0 spiro atoms. The van der Waals surface area contributed by atoms with Crippen LogP contribution in [0.15, 0.2) is 64.9 Å². The molecule has 0 saturated carbocycles. The molecule has 0 unspecified atom stereocenters. The minimum atomic E-state index is -0.245. The van der Waals surface area contributed by atoms with Crippen LogP contribution >= 0.6 is 11.3 Å². The molecular weight excluding hydrogens is 310 g/mol. The fourth-order valence-electron chi connectivity index (χ4n) is 2.44. The van der Waals surface area contributed by atoms with Crippen LogP contribution in [0, 0.1) is 0 Å². The molecule has 0 bridgehead atoms. The predicted molar refractivity (Wildman–Crippen MR) is 88.4 cm³/mol. The van der Waals surface area contributed by atoms with Crippen LogP contribution in [0.5, 0.6) is 0 Å². The fraction of sp³-hybridized carbons (Fsp3) is 0.0588. The van der Waals surface area contributed by atoms with E-state index in [1.807, 2.05) is 52.5 Å². The largest absolute Gasteiger partial charge is 0.459 e. The Kier molecular flexibility index (Phi) is 3.44. The number of rotatable bonds is 4. The fourth-order valence-corrected chi connectivity index (χ4v) is 3.16. The highest BCUT2D eigenvalue weighted by molar-refractivity contribution is 7.15. The molecule has 1 aromatic carbocycles. The zero-order chi connectivity index (χ0) is 15.6. The molecule has 0 aliphatic heterocycles. The Morgan fingerprint density at radius 1 is 1.26 bits per heavy atom. The highest BCUT2D eigenvalue weighted by Crippen LogP contribution is 2.24. The standard InChI is InChI=1S/C17H13N3O2S/c21-16(18-10-13-11-20-7-9-23-17(20)19-13)15-14(6-8-22-15)12-4-2-1-3-5-12/h1-9,11H,10H2,(H,18,21). The summed E-state index contributed by atoms with van der Waals surface area (Å²) in [6.45, 7) is 0.363. The van der Waals surface area contributed by atoms with E-state index in [1.165, 1.54) is 6.26 Å². The van der Waals surface area contributed by atoms with E-state index in [4.69, 9.17) is 4.42 Å². The van der Waals surface area contributed by atoms with Crippen LogP contribution in [-0.2, 0) is 6.54 Å². The molecule has 0 aliphatic carbocycles. The van der Waals surface area contributed by atoms with E-state index in [9.17, 15) is 4.79 Å². The van der Waals surface area contributed by atoms with Crippen molar-refractivity contribution in [3.05, 3.63) is 71.9 Å². The predicted octanol–water partition coefficient (Wildman–Crippen LogP) is 3.59. The lowest BCUT2D eigenvalue weighted by molar-refractivity contribution is 0.0923. The molecule has 3 heterocycles. The Labute approximate surface area is 136 Å². The van der Waals surface area contributed by atoms with Crippen LogP contribution < -0.4 is 5.32 Å². The highest BCUT2D eigenvalue weighted by Gasteiger charge is 2.16. The maximum Gasteiger partial charge on any atom is 0.287 e. The summed E-state index contributed by atoms with van der Waals surface area (Å²) in [4.78, 5) is 17.7. The molecule has 0 fully saturated rings. The van der Waals surface area contributed by atoms with Gasteiger partial charge in [-0.15, -0.1) is 11.3 Å². The monoisotopic (exact) mass is 323 g/mol. The second-order valence-electron chi connectivity index (χ2n) is 5.04. The van der Waals surface area contributed by atoms with Crippen LogP contribution in [0.1, 0.15) is 16.2 Å². The number of nitrogens with one attached hydrogen (secondary N) is 1. The van der Waals surface area contributed by atoms with Gasteiger partial charge in [0, 0.05) is 23.3 Å². The summed E-state index contributed by atoms with van der Waals surface area (Å²) in [6, 6.07) is 11.5. The van der Waals surface area contributed by atoms with Crippen molar-refractivity contribution in [1.82, 2.24) is 14.7 Å². The number of aromatic nitrogens is 2. The highest BCUT2D eigenvalue weighted by atomic mass is 32.1. The Hall–Kier alpha value is -2.86. The van der Waals surface area contributed by atoms with Crippen LogP contribution in [0.2, 0.25) is 0 Å². The van der Waals surface area contributed by atoms with Gasteiger partial charge in [-0.1, -0.05) is 30.3 Å². The van der Waals surface area contributed by atoms with Gasteiger partial charge in [0.25, 0.3) is 5.91 Å². The minimum Gasteiger partial charge on any atom is -0.459 e. The van der Waals surface area contributed by atoms with Crippen molar-refractivity contribution in [2.75, 3.05) is 0 Å². The van der Waals surface area contributed by atoms with Gasteiger partial charge in [-0.25, -0.2) is 4.98 Å². The second-order valence-corrected chi connectivity index (χ2v) is 5.91. The van der Waals surface area contributed by atoms with E-state index in [2.05, 4.69) is 10.3 Å². The van der Waals surface area contributed by atoms with Crippen molar-refractivity contribution in [2.45, 2.75) is 6.54 Å². The summed E-state index contributed by atoms with van der Waals surface area (Å²) in [5, 5.41) is 4.83. The SMILES string of the molecule is O=C(NCc1cn2ccsc2n1)c1occc1-c1ccccc1. The molecule has 1 amide bonds. The first-order valence-electron chi connectivity index (χ1n) is 7.13. The first-order valence-corrected chi connectivity index (χ1v) is 8.01. The summed E-state index contributed by atoms with van der Waals surface area (Å²) in [6.07, 6.45) is 5.38. The molecule has 6 heteroatoms. The Balaban J connectivity index is 1.51. The maximum atomic E-state index is 12.4. The summed E-state index contributed by atoms with van der Waals surface area (Å²) >= 11 is 1.56. The smallest absolute Gasteiger partial charge is 0.287 e. The summed E-state index contributed by atoms with van der Waals surface area (Å²) in [5.74, 6) is 0.0717. The van der Waals surface area contributed by atoms with E-state index in [-0.39, 0.29) is 5.91 Å². The number of benzene rings is 1. The van der Waals surface area contributed by atoms with Gasteiger partial charge in [0.15, 0.2) is 10.7 Å². The van der Waals surface area contributed by atoms with Gasteiger partial charge in [0.1, 0.15) is 0 Å². The summed E-state index contributed by atoms with van der Waals surface area (Å²) in [7, 11) is 0. The number of hydrogen-bond acceptors (Lipinski definition) is 4. The maximum absolute atomic E-state index is 12.4. The van der Waals surface area contributed by atoms with Crippen molar-refractivity contribution in [3.63, 3.8) is 0 Å². The first-order chi connectivity index (χ1) is 11.3. The molecule has 1 N–H and O–H groups in total. The molecule has 4 rings (SSSR count). The van der Waals surface area contributed by atoms with Crippen molar-refractivity contribution in [3.8, 4) is 11.1 Å². The third kappa shape index (κ3) is 2.64. The molecule has 23 heavy (non-hydrogen) atoms. The number of furan rings is 1.